The molecule has 1 aliphatic heterocycles. The van der Waals surface area contributed by atoms with Gasteiger partial charge in [-0.25, -0.2) is 0 Å². The second-order valence-electron chi connectivity index (χ2n) is 3.34. The third kappa shape index (κ3) is 2.08. The maximum atomic E-state index is 10.5. The highest BCUT2D eigenvalue weighted by atomic mass is 16.6. The Bertz CT molecular complexity index is 284. The van der Waals surface area contributed by atoms with E-state index in [4.69, 9.17) is 4.74 Å². The summed E-state index contributed by atoms with van der Waals surface area (Å²) >= 11 is 0. The largest absolute Gasteiger partial charge is 0.462 e. The number of rotatable bonds is 3. The standard InChI is InChI=1S/C11H12O2/c12-11-8-10(13-11)7-6-9-4-2-1-3-5-9/h1-5,10H,6-8H2. The lowest BCUT2D eigenvalue weighted by molar-refractivity contribution is -0.169. The van der Waals surface area contributed by atoms with Crippen LogP contribution in [0.5, 0.6) is 0 Å². The van der Waals surface area contributed by atoms with Crippen LogP contribution >= 0.6 is 0 Å². The van der Waals surface area contributed by atoms with E-state index in [2.05, 4.69) is 12.1 Å². The van der Waals surface area contributed by atoms with E-state index in [9.17, 15) is 4.79 Å². The Hall–Kier alpha value is -1.31. The SMILES string of the molecule is O=C1CC(CCc2ccccc2)O1. The molecule has 0 saturated carbocycles. The first-order valence-electron chi connectivity index (χ1n) is 4.58. The Morgan fingerprint density at radius 2 is 2.00 bits per heavy atom. The maximum Gasteiger partial charge on any atom is 0.309 e. The molecule has 1 atom stereocenters. The van der Waals surface area contributed by atoms with Gasteiger partial charge in [0.25, 0.3) is 0 Å². The smallest absolute Gasteiger partial charge is 0.309 e. The van der Waals surface area contributed by atoms with Crippen LogP contribution in [0, 0.1) is 0 Å². The topological polar surface area (TPSA) is 26.3 Å². The molecule has 2 nitrogen and oxygen atoms in total. The number of cyclic esters (lactones) is 1. The van der Waals surface area contributed by atoms with Crippen molar-refractivity contribution in [1.29, 1.82) is 0 Å². The second-order valence-corrected chi connectivity index (χ2v) is 3.34. The van der Waals surface area contributed by atoms with Crippen molar-refractivity contribution in [2.45, 2.75) is 25.4 Å². The highest BCUT2D eigenvalue weighted by Gasteiger charge is 2.27. The summed E-state index contributed by atoms with van der Waals surface area (Å²) in [6, 6.07) is 10.3. The van der Waals surface area contributed by atoms with Gasteiger partial charge >= 0.3 is 5.97 Å². The summed E-state index contributed by atoms with van der Waals surface area (Å²) < 4.78 is 4.92. The van der Waals surface area contributed by atoms with Crippen LogP contribution in [0.1, 0.15) is 18.4 Å². The van der Waals surface area contributed by atoms with Crippen molar-refractivity contribution in [3.63, 3.8) is 0 Å². The molecule has 0 amide bonds. The summed E-state index contributed by atoms with van der Waals surface area (Å²) in [4.78, 5) is 10.5. The molecule has 0 aromatic heterocycles. The normalized spacial score (nSPS) is 20.6. The van der Waals surface area contributed by atoms with Gasteiger partial charge in [-0.1, -0.05) is 30.3 Å². The summed E-state index contributed by atoms with van der Waals surface area (Å²) in [7, 11) is 0. The number of carbonyl (C=O) groups is 1. The van der Waals surface area contributed by atoms with Gasteiger partial charge in [-0.3, -0.25) is 4.79 Å². The molecule has 1 aromatic rings. The van der Waals surface area contributed by atoms with E-state index >= 15 is 0 Å². The zero-order chi connectivity index (χ0) is 9.10. The van der Waals surface area contributed by atoms with E-state index < -0.39 is 0 Å². The van der Waals surface area contributed by atoms with Crippen LogP contribution in [-0.2, 0) is 16.0 Å². The Balaban J connectivity index is 1.77. The van der Waals surface area contributed by atoms with Gasteiger partial charge in [-0.05, 0) is 18.4 Å². The third-order valence-corrected chi connectivity index (χ3v) is 2.29. The first-order valence-corrected chi connectivity index (χ1v) is 4.58. The van der Waals surface area contributed by atoms with E-state index in [-0.39, 0.29) is 12.1 Å². The van der Waals surface area contributed by atoms with Gasteiger partial charge < -0.3 is 4.74 Å². The molecule has 2 rings (SSSR count). The molecule has 0 bridgehead atoms. The van der Waals surface area contributed by atoms with Crippen LogP contribution in [-0.4, -0.2) is 12.1 Å². The van der Waals surface area contributed by atoms with E-state index in [0.29, 0.717) is 6.42 Å². The Morgan fingerprint density at radius 3 is 2.62 bits per heavy atom. The molecule has 1 aliphatic rings. The average Bonchev–Trinajstić information content (AvgIpc) is 2.12. The van der Waals surface area contributed by atoms with Crippen LogP contribution < -0.4 is 0 Å². The van der Waals surface area contributed by atoms with E-state index in [1.807, 2.05) is 18.2 Å². The van der Waals surface area contributed by atoms with Gasteiger partial charge in [0.2, 0.25) is 0 Å². The van der Waals surface area contributed by atoms with E-state index in [1.165, 1.54) is 5.56 Å². The lowest BCUT2D eigenvalue weighted by Crippen LogP contribution is -2.32. The lowest BCUT2D eigenvalue weighted by atomic mass is 10.0. The minimum atomic E-state index is -0.0574. The molecule has 68 valence electrons. The van der Waals surface area contributed by atoms with Crippen molar-refractivity contribution in [2.24, 2.45) is 0 Å². The maximum absolute atomic E-state index is 10.5. The van der Waals surface area contributed by atoms with Crippen LogP contribution in [0.3, 0.4) is 0 Å². The lowest BCUT2D eigenvalue weighted by Gasteiger charge is -2.25. The van der Waals surface area contributed by atoms with Gasteiger partial charge in [-0.15, -0.1) is 0 Å². The Kier molecular flexibility index (Phi) is 2.30. The molecule has 1 aromatic carbocycles. The molecule has 1 fully saturated rings. The first-order chi connectivity index (χ1) is 6.34. The summed E-state index contributed by atoms with van der Waals surface area (Å²) in [6.45, 7) is 0. The van der Waals surface area contributed by atoms with Crippen molar-refractivity contribution < 1.29 is 9.53 Å². The Labute approximate surface area is 77.5 Å². The molecule has 13 heavy (non-hydrogen) atoms. The zero-order valence-corrected chi connectivity index (χ0v) is 7.40. The van der Waals surface area contributed by atoms with E-state index in [1.54, 1.807) is 0 Å². The minimum Gasteiger partial charge on any atom is -0.462 e. The molecule has 1 unspecified atom stereocenters. The fraction of sp³-hybridized carbons (Fsp3) is 0.364. The molecule has 1 heterocycles. The second kappa shape index (κ2) is 3.60. The molecule has 0 N–H and O–H groups in total. The highest BCUT2D eigenvalue weighted by molar-refractivity contribution is 5.75. The van der Waals surface area contributed by atoms with Crippen LogP contribution in [0.4, 0.5) is 0 Å². The van der Waals surface area contributed by atoms with Gasteiger partial charge in [0.15, 0.2) is 0 Å². The zero-order valence-electron chi connectivity index (χ0n) is 7.40. The molecular weight excluding hydrogens is 164 g/mol. The van der Waals surface area contributed by atoms with Crippen molar-refractivity contribution in [3.05, 3.63) is 35.9 Å². The van der Waals surface area contributed by atoms with Crippen molar-refractivity contribution in [1.82, 2.24) is 0 Å². The molecule has 2 heteroatoms. The van der Waals surface area contributed by atoms with Crippen LogP contribution in [0.2, 0.25) is 0 Å². The molecule has 0 spiro atoms. The Morgan fingerprint density at radius 1 is 1.31 bits per heavy atom. The van der Waals surface area contributed by atoms with Crippen molar-refractivity contribution >= 4 is 5.97 Å². The van der Waals surface area contributed by atoms with Crippen LogP contribution in [0.15, 0.2) is 30.3 Å². The van der Waals surface area contributed by atoms with Crippen molar-refractivity contribution in [2.75, 3.05) is 0 Å². The summed E-state index contributed by atoms with van der Waals surface area (Å²) in [5, 5.41) is 0. The summed E-state index contributed by atoms with van der Waals surface area (Å²) in [5.74, 6) is -0.0574. The van der Waals surface area contributed by atoms with E-state index in [0.717, 1.165) is 12.8 Å². The predicted octanol–water partition coefficient (Wildman–Crippen LogP) is 1.93. The third-order valence-electron chi connectivity index (χ3n) is 2.29. The summed E-state index contributed by atoms with van der Waals surface area (Å²) in [6.07, 6.45) is 2.73. The highest BCUT2D eigenvalue weighted by Crippen LogP contribution is 2.18. The quantitative estimate of drug-likeness (QED) is 0.658. The fourth-order valence-electron chi connectivity index (χ4n) is 1.50. The van der Waals surface area contributed by atoms with Gasteiger partial charge in [-0.2, -0.15) is 0 Å². The fourth-order valence-corrected chi connectivity index (χ4v) is 1.50. The number of carbonyl (C=O) groups excluding carboxylic acids is 1. The number of benzene rings is 1. The van der Waals surface area contributed by atoms with Crippen LogP contribution in [0.25, 0.3) is 0 Å². The number of hydrogen-bond donors (Lipinski definition) is 0. The number of esters is 1. The molecule has 0 radical (unpaired) electrons. The monoisotopic (exact) mass is 176 g/mol. The van der Waals surface area contributed by atoms with Crippen molar-refractivity contribution in [3.8, 4) is 0 Å². The minimum absolute atomic E-state index is 0.0574. The molecule has 1 saturated heterocycles. The number of ether oxygens (including phenoxy) is 1. The average molecular weight is 176 g/mol. The summed E-state index contributed by atoms with van der Waals surface area (Å²) in [5.41, 5.74) is 1.31. The van der Waals surface area contributed by atoms with Gasteiger partial charge in [0.05, 0.1) is 6.42 Å². The molecular formula is C11H12O2. The molecule has 0 aliphatic carbocycles. The number of hydrogen-bond acceptors (Lipinski definition) is 2. The number of aryl methyl sites for hydroxylation is 1. The predicted molar refractivity (Wildman–Crippen MR) is 49.3 cm³/mol. The first kappa shape index (κ1) is 8.30. The van der Waals surface area contributed by atoms with Gasteiger partial charge in [0, 0.05) is 0 Å². The van der Waals surface area contributed by atoms with Gasteiger partial charge in [0.1, 0.15) is 6.10 Å².